The molecule has 2 saturated carbocycles. The van der Waals surface area contributed by atoms with Crippen molar-refractivity contribution in [3.8, 4) is 6.07 Å². The lowest BCUT2D eigenvalue weighted by Crippen LogP contribution is -2.35. The van der Waals surface area contributed by atoms with Crippen molar-refractivity contribution in [1.82, 2.24) is 0 Å². The molecule has 0 amide bonds. The minimum absolute atomic E-state index is 0.0473. The monoisotopic (exact) mass is 361 g/mol. The van der Waals surface area contributed by atoms with Crippen LogP contribution in [0, 0.1) is 28.6 Å². The molecule has 4 atom stereocenters. The van der Waals surface area contributed by atoms with E-state index in [0.29, 0.717) is 19.4 Å². The Kier molecular flexibility index (Phi) is 7.43. The van der Waals surface area contributed by atoms with E-state index in [1.54, 1.807) is 6.08 Å². The number of fused-ring (bicyclic) bond motifs is 1. The van der Waals surface area contributed by atoms with Gasteiger partial charge in [-0.3, -0.25) is 4.79 Å². The van der Waals surface area contributed by atoms with Crippen LogP contribution >= 0.6 is 0 Å². The van der Waals surface area contributed by atoms with E-state index in [4.69, 9.17) is 10.00 Å². The van der Waals surface area contributed by atoms with Gasteiger partial charge in [0.15, 0.2) is 5.78 Å². The lowest BCUT2D eigenvalue weighted by Gasteiger charge is -2.28. The van der Waals surface area contributed by atoms with Gasteiger partial charge in [0.05, 0.1) is 17.8 Å². The summed E-state index contributed by atoms with van der Waals surface area (Å²) in [5.41, 5.74) is -1.06. The number of carbonyl (C=O) groups excluding carboxylic acids is 1. The molecule has 2 fully saturated rings. The molecule has 2 rings (SSSR count). The third-order valence-electron chi connectivity index (χ3n) is 6.37. The Labute approximate surface area is 158 Å². The van der Waals surface area contributed by atoms with Gasteiger partial charge in [0.1, 0.15) is 0 Å². The summed E-state index contributed by atoms with van der Waals surface area (Å²) in [6.45, 7) is 6.76. The highest BCUT2D eigenvalue weighted by molar-refractivity contribution is 5.94. The van der Waals surface area contributed by atoms with Crippen LogP contribution in [0.15, 0.2) is 12.2 Å². The van der Waals surface area contributed by atoms with Crippen molar-refractivity contribution in [3.63, 3.8) is 0 Å². The molecular weight excluding hydrogens is 326 g/mol. The first kappa shape index (κ1) is 21.1. The standard InChI is InChI=1S/C22H35NO3/c1-4-5-12-21(2,3)20(24)11-10-17-8-9-18-15-19(16-22(17,18)25)26-14-7-6-13-23/h10-11,17-19,25H,4-9,12,14-16H2,1-3H3/t17-,18-,19+,22-/m1/s1. The molecule has 0 aromatic heterocycles. The maximum atomic E-state index is 12.6. The Morgan fingerprint density at radius 1 is 1.38 bits per heavy atom. The predicted molar refractivity (Wildman–Crippen MR) is 102 cm³/mol. The Bertz CT molecular complexity index is 548. The number of ketones is 1. The molecule has 4 nitrogen and oxygen atoms in total. The summed E-state index contributed by atoms with van der Waals surface area (Å²) in [5, 5.41) is 19.8. The number of carbonyl (C=O) groups is 1. The van der Waals surface area contributed by atoms with Crippen LogP contribution in [0.1, 0.15) is 78.6 Å². The molecule has 4 heteroatoms. The number of ether oxygens (including phenoxy) is 1. The lowest BCUT2D eigenvalue weighted by atomic mass is 9.81. The molecule has 0 aromatic carbocycles. The van der Waals surface area contributed by atoms with Gasteiger partial charge in [-0.15, -0.1) is 0 Å². The molecule has 0 aliphatic heterocycles. The zero-order chi connectivity index (χ0) is 19.2. The minimum Gasteiger partial charge on any atom is -0.389 e. The van der Waals surface area contributed by atoms with Crippen molar-refractivity contribution >= 4 is 5.78 Å². The van der Waals surface area contributed by atoms with E-state index in [2.05, 4.69) is 13.0 Å². The highest BCUT2D eigenvalue weighted by atomic mass is 16.5. The Morgan fingerprint density at radius 2 is 2.15 bits per heavy atom. The second-order valence-corrected chi connectivity index (χ2v) is 8.78. The van der Waals surface area contributed by atoms with Crippen LogP contribution in [0.25, 0.3) is 0 Å². The summed E-state index contributed by atoms with van der Waals surface area (Å²) in [6, 6.07) is 2.13. The van der Waals surface area contributed by atoms with E-state index in [0.717, 1.165) is 44.9 Å². The summed E-state index contributed by atoms with van der Waals surface area (Å²) in [6.07, 6.45) is 11.6. The van der Waals surface area contributed by atoms with Crippen LogP contribution in [0.4, 0.5) is 0 Å². The number of nitrogens with zero attached hydrogens (tertiary/aromatic N) is 1. The van der Waals surface area contributed by atoms with Gasteiger partial charge >= 0.3 is 0 Å². The van der Waals surface area contributed by atoms with Crippen molar-refractivity contribution in [1.29, 1.82) is 5.26 Å². The zero-order valence-electron chi connectivity index (χ0n) is 16.7. The molecular formula is C22H35NO3. The van der Waals surface area contributed by atoms with Gasteiger partial charge in [-0.25, -0.2) is 0 Å². The fourth-order valence-electron chi connectivity index (χ4n) is 4.55. The molecule has 0 unspecified atom stereocenters. The fourth-order valence-corrected chi connectivity index (χ4v) is 4.55. The molecule has 0 saturated heterocycles. The predicted octanol–water partition coefficient (Wildman–Crippen LogP) is 4.57. The van der Waals surface area contributed by atoms with Crippen LogP contribution in [-0.2, 0) is 9.53 Å². The van der Waals surface area contributed by atoms with E-state index >= 15 is 0 Å². The largest absolute Gasteiger partial charge is 0.389 e. The molecule has 0 bridgehead atoms. The molecule has 2 aliphatic rings. The number of rotatable bonds is 10. The fraction of sp³-hybridized carbons (Fsp3) is 0.818. The number of nitriles is 1. The highest BCUT2D eigenvalue weighted by Gasteiger charge is 2.54. The van der Waals surface area contributed by atoms with Crippen molar-refractivity contribution < 1.29 is 14.6 Å². The van der Waals surface area contributed by atoms with Crippen LogP contribution in [0.3, 0.4) is 0 Å². The molecule has 0 radical (unpaired) electrons. The van der Waals surface area contributed by atoms with E-state index in [9.17, 15) is 9.90 Å². The van der Waals surface area contributed by atoms with Crippen molar-refractivity contribution in [2.24, 2.45) is 17.3 Å². The van der Waals surface area contributed by atoms with E-state index in [1.165, 1.54) is 0 Å². The van der Waals surface area contributed by atoms with Crippen molar-refractivity contribution in [2.75, 3.05) is 6.61 Å². The van der Waals surface area contributed by atoms with Gasteiger partial charge in [-0.2, -0.15) is 5.26 Å². The van der Waals surface area contributed by atoms with Gasteiger partial charge in [-0.1, -0.05) is 39.7 Å². The number of hydrogen-bond acceptors (Lipinski definition) is 4. The van der Waals surface area contributed by atoms with E-state index in [1.807, 2.05) is 19.9 Å². The van der Waals surface area contributed by atoms with Gasteiger partial charge in [0.2, 0.25) is 0 Å². The molecule has 1 N–H and O–H groups in total. The minimum atomic E-state index is -0.732. The van der Waals surface area contributed by atoms with E-state index < -0.39 is 5.60 Å². The molecule has 0 heterocycles. The van der Waals surface area contributed by atoms with Gasteiger partial charge in [-0.05, 0) is 44.1 Å². The molecule has 2 aliphatic carbocycles. The number of hydrogen-bond donors (Lipinski definition) is 1. The summed E-state index contributed by atoms with van der Waals surface area (Å²) < 4.78 is 5.88. The average Bonchev–Trinajstić information content (AvgIpc) is 3.07. The normalized spacial score (nSPS) is 31.3. The summed E-state index contributed by atoms with van der Waals surface area (Å²) in [7, 11) is 0. The van der Waals surface area contributed by atoms with Crippen LogP contribution in [-0.4, -0.2) is 29.2 Å². The Hall–Kier alpha value is -1.18. The molecule has 0 spiro atoms. The number of aliphatic hydroxyl groups is 1. The zero-order valence-corrected chi connectivity index (χ0v) is 16.7. The highest BCUT2D eigenvalue weighted by Crippen LogP contribution is 2.52. The second kappa shape index (κ2) is 9.15. The molecule has 26 heavy (non-hydrogen) atoms. The third-order valence-corrected chi connectivity index (χ3v) is 6.37. The first-order chi connectivity index (χ1) is 12.3. The molecule has 0 aromatic rings. The van der Waals surface area contributed by atoms with Crippen molar-refractivity contribution in [2.45, 2.75) is 90.3 Å². The SMILES string of the molecule is CCCCC(C)(C)C(=O)C=C[C@H]1CC[C@@H]2C[C@H](OCCCC#N)C[C@]21O. The topological polar surface area (TPSA) is 70.3 Å². The summed E-state index contributed by atoms with van der Waals surface area (Å²) in [5.74, 6) is 0.479. The van der Waals surface area contributed by atoms with Gasteiger partial charge in [0, 0.05) is 30.8 Å². The third kappa shape index (κ3) is 4.96. The average molecular weight is 362 g/mol. The first-order valence-corrected chi connectivity index (χ1v) is 10.3. The van der Waals surface area contributed by atoms with Crippen LogP contribution in [0.2, 0.25) is 0 Å². The maximum Gasteiger partial charge on any atom is 0.160 e. The van der Waals surface area contributed by atoms with Crippen LogP contribution in [0.5, 0.6) is 0 Å². The lowest BCUT2D eigenvalue weighted by molar-refractivity contribution is -0.122. The van der Waals surface area contributed by atoms with Crippen molar-refractivity contribution in [3.05, 3.63) is 12.2 Å². The van der Waals surface area contributed by atoms with Crippen LogP contribution < -0.4 is 0 Å². The van der Waals surface area contributed by atoms with Gasteiger partial charge in [0.25, 0.3) is 0 Å². The maximum absolute atomic E-state index is 12.6. The number of unbranched alkanes of at least 4 members (excludes halogenated alkanes) is 2. The number of allylic oxidation sites excluding steroid dienone is 1. The summed E-state index contributed by atoms with van der Waals surface area (Å²) in [4.78, 5) is 12.6. The smallest absolute Gasteiger partial charge is 0.160 e. The van der Waals surface area contributed by atoms with E-state index in [-0.39, 0.29) is 29.1 Å². The first-order valence-electron chi connectivity index (χ1n) is 10.3. The quantitative estimate of drug-likeness (QED) is 0.457. The Balaban J connectivity index is 1.91. The summed E-state index contributed by atoms with van der Waals surface area (Å²) >= 11 is 0. The van der Waals surface area contributed by atoms with Gasteiger partial charge < -0.3 is 9.84 Å². The second-order valence-electron chi connectivity index (χ2n) is 8.78. The molecule has 146 valence electrons. The Morgan fingerprint density at radius 3 is 2.85 bits per heavy atom.